The molecule has 2 aromatic rings. The molecule has 1 amide bonds. The van der Waals surface area contributed by atoms with Gasteiger partial charge in [-0.3, -0.25) is 4.79 Å². The van der Waals surface area contributed by atoms with Crippen molar-refractivity contribution in [2.24, 2.45) is 0 Å². The fraction of sp³-hybridized carbons (Fsp3) is 0.316. The largest absolute Gasteiger partial charge is 0.334 e. The molecule has 4 heteroatoms. The third-order valence-corrected chi connectivity index (χ3v) is 5.11. The summed E-state index contributed by atoms with van der Waals surface area (Å²) < 4.78 is 0. The molecule has 0 aromatic heterocycles. The Labute approximate surface area is 142 Å². The monoisotopic (exact) mass is 326 g/mol. The van der Waals surface area contributed by atoms with E-state index in [1.807, 2.05) is 53.1 Å². The van der Waals surface area contributed by atoms with E-state index in [4.69, 9.17) is 0 Å². The van der Waals surface area contributed by atoms with Crippen LogP contribution in [0.4, 0.5) is 0 Å². The van der Waals surface area contributed by atoms with E-state index in [1.165, 1.54) is 11.1 Å². The normalized spacial score (nSPS) is 17.1. The zero-order valence-corrected chi connectivity index (χ0v) is 14.0. The van der Waals surface area contributed by atoms with Gasteiger partial charge in [-0.1, -0.05) is 60.7 Å². The van der Waals surface area contributed by atoms with Crippen molar-refractivity contribution < 1.29 is 4.79 Å². The summed E-state index contributed by atoms with van der Waals surface area (Å²) in [7, 11) is 0. The van der Waals surface area contributed by atoms with Gasteiger partial charge in [0, 0.05) is 25.4 Å². The van der Waals surface area contributed by atoms with Gasteiger partial charge < -0.3 is 10.2 Å². The van der Waals surface area contributed by atoms with Gasteiger partial charge in [0.25, 0.3) is 0 Å². The molecule has 1 aliphatic rings. The molecule has 3 rings (SSSR count). The van der Waals surface area contributed by atoms with Crippen molar-refractivity contribution in [1.82, 2.24) is 10.2 Å². The SMILES string of the molecule is O=C(CC1NCCS1)N(Cc1ccccc1)Cc1ccccc1. The first-order valence-electron chi connectivity index (χ1n) is 8.02. The van der Waals surface area contributed by atoms with Crippen LogP contribution in [0.15, 0.2) is 60.7 Å². The number of benzene rings is 2. The topological polar surface area (TPSA) is 32.3 Å². The average Bonchev–Trinajstić information content (AvgIpc) is 3.09. The molecule has 0 aliphatic carbocycles. The van der Waals surface area contributed by atoms with Crippen LogP contribution < -0.4 is 5.32 Å². The molecule has 1 heterocycles. The molecule has 1 atom stereocenters. The smallest absolute Gasteiger partial charge is 0.225 e. The van der Waals surface area contributed by atoms with Crippen molar-refractivity contribution in [3.05, 3.63) is 71.8 Å². The first-order chi connectivity index (χ1) is 11.3. The van der Waals surface area contributed by atoms with E-state index in [9.17, 15) is 4.79 Å². The molecule has 0 radical (unpaired) electrons. The lowest BCUT2D eigenvalue weighted by molar-refractivity contribution is -0.132. The van der Waals surface area contributed by atoms with E-state index >= 15 is 0 Å². The Morgan fingerprint density at radius 3 is 2.04 bits per heavy atom. The van der Waals surface area contributed by atoms with Crippen molar-refractivity contribution in [3.63, 3.8) is 0 Å². The molecule has 1 unspecified atom stereocenters. The minimum absolute atomic E-state index is 0.213. The van der Waals surface area contributed by atoms with Crippen LogP contribution in [0.2, 0.25) is 0 Å². The van der Waals surface area contributed by atoms with Gasteiger partial charge in [0.05, 0.1) is 11.8 Å². The zero-order chi connectivity index (χ0) is 15.9. The summed E-state index contributed by atoms with van der Waals surface area (Å²) in [5.41, 5.74) is 2.34. The van der Waals surface area contributed by atoms with Gasteiger partial charge in [0.2, 0.25) is 5.91 Å². The number of thioether (sulfide) groups is 1. The van der Waals surface area contributed by atoms with Gasteiger partial charge in [0.15, 0.2) is 0 Å². The van der Waals surface area contributed by atoms with Gasteiger partial charge >= 0.3 is 0 Å². The highest BCUT2D eigenvalue weighted by Gasteiger charge is 2.22. The van der Waals surface area contributed by atoms with Crippen LogP contribution in [0, 0.1) is 0 Å². The summed E-state index contributed by atoms with van der Waals surface area (Å²) in [6.07, 6.45) is 0.560. The summed E-state index contributed by atoms with van der Waals surface area (Å²) in [5, 5.41) is 3.65. The molecule has 0 spiro atoms. The minimum atomic E-state index is 0.213. The Morgan fingerprint density at radius 2 is 1.57 bits per heavy atom. The highest BCUT2D eigenvalue weighted by Crippen LogP contribution is 2.19. The summed E-state index contributed by atoms with van der Waals surface area (Å²) in [4.78, 5) is 14.7. The van der Waals surface area contributed by atoms with Crippen LogP contribution in [-0.4, -0.2) is 28.5 Å². The number of rotatable bonds is 6. The van der Waals surface area contributed by atoms with Gasteiger partial charge in [-0.15, -0.1) is 11.8 Å². The van der Waals surface area contributed by atoms with E-state index in [0.717, 1.165) is 12.3 Å². The molecular formula is C19H22N2OS. The standard InChI is InChI=1S/C19H22N2OS/c22-19(13-18-20-11-12-23-18)21(14-16-7-3-1-4-8-16)15-17-9-5-2-6-10-17/h1-10,18,20H,11-15H2. The Morgan fingerprint density at radius 1 is 1.00 bits per heavy atom. The van der Waals surface area contributed by atoms with Crippen LogP contribution in [-0.2, 0) is 17.9 Å². The molecule has 0 saturated carbocycles. The quantitative estimate of drug-likeness (QED) is 0.884. The van der Waals surface area contributed by atoms with Crippen LogP contribution in [0.25, 0.3) is 0 Å². The molecule has 1 aliphatic heterocycles. The van der Waals surface area contributed by atoms with E-state index < -0.39 is 0 Å². The van der Waals surface area contributed by atoms with Gasteiger partial charge in [-0.2, -0.15) is 0 Å². The molecule has 2 aromatic carbocycles. The predicted molar refractivity (Wildman–Crippen MR) is 96.0 cm³/mol. The molecule has 23 heavy (non-hydrogen) atoms. The molecule has 1 N–H and O–H groups in total. The van der Waals surface area contributed by atoms with Crippen LogP contribution in [0.3, 0.4) is 0 Å². The van der Waals surface area contributed by atoms with Gasteiger partial charge in [-0.05, 0) is 11.1 Å². The minimum Gasteiger partial charge on any atom is -0.334 e. The number of nitrogens with one attached hydrogen (secondary N) is 1. The van der Waals surface area contributed by atoms with Crippen molar-refractivity contribution in [3.8, 4) is 0 Å². The molecular weight excluding hydrogens is 304 g/mol. The van der Waals surface area contributed by atoms with Crippen molar-refractivity contribution in [2.75, 3.05) is 12.3 Å². The molecule has 0 bridgehead atoms. The summed E-state index contributed by atoms with van der Waals surface area (Å²) in [5.74, 6) is 1.31. The van der Waals surface area contributed by atoms with Crippen molar-refractivity contribution in [2.45, 2.75) is 24.9 Å². The number of amides is 1. The molecule has 3 nitrogen and oxygen atoms in total. The number of carbonyl (C=O) groups excluding carboxylic acids is 1. The fourth-order valence-corrected chi connectivity index (χ4v) is 3.76. The highest BCUT2D eigenvalue weighted by molar-refractivity contribution is 8.00. The lowest BCUT2D eigenvalue weighted by atomic mass is 10.1. The maximum absolute atomic E-state index is 12.8. The van der Waals surface area contributed by atoms with E-state index in [2.05, 4.69) is 29.6 Å². The lowest BCUT2D eigenvalue weighted by Gasteiger charge is -2.24. The van der Waals surface area contributed by atoms with E-state index in [-0.39, 0.29) is 11.3 Å². The zero-order valence-electron chi connectivity index (χ0n) is 13.2. The first kappa shape index (κ1) is 16.1. The third-order valence-electron chi connectivity index (χ3n) is 3.94. The van der Waals surface area contributed by atoms with E-state index in [1.54, 1.807) is 0 Å². The Bertz CT molecular complexity index is 570. The summed E-state index contributed by atoms with van der Waals surface area (Å²) >= 11 is 1.84. The number of hydrogen-bond acceptors (Lipinski definition) is 3. The van der Waals surface area contributed by atoms with Crippen LogP contribution >= 0.6 is 11.8 Å². The van der Waals surface area contributed by atoms with Crippen molar-refractivity contribution >= 4 is 17.7 Å². The number of nitrogens with zero attached hydrogens (tertiary/aromatic N) is 1. The molecule has 120 valence electrons. The molecule has 1 saturated heterocycles. The van der Waals surface area contributed by atoms with Gasteiger partial charge in [0.1, 0.15) is 0 Å². The predicted octanol–water partition coefficient (Wildman–Crippen LogP) is 3.27. The van der Waals surface area contributed by atoms with Crippen LogP contribution in [0.5, 0.6) is 0 Å². The van der Waals surface area contributed by atoms with Crippen LogP contribution in [0.1, 0.15) is 17.5 Å². The second-order valence-electron chi connectivity index (χ2n) is 5.74. The fourth-order valence-electron chi connectivity index (χ4n) is 2.74. The maximum Gasteiger partial charge on any atom is 0.225 e. The first-order valence-corrected chi connectivity index (χ1v) is 9.07. The number of carbonyl (C=O) groups is 1. The second kappa shape index (κ2) is 8.18. The van der Waals surface area contributed by atoms with Crippen molar-refractivity contribution in [1.29, 1.82) is 0 Å². The summed E-state index contributed by atoms with van der Waals surface area (Å²) in [6.45, 7) is 2.32. The number of hydrogen-bond donors (Lipinski definition) is 1. The molecule has 1 fully saturated rings. The Hall–Kier alpha value is -1.78. The third kappa shape index (κ3) is 4.85. The Kier molecular flexibility index (Phi) is 5.72. The second-order valence-corrected chi connectivity index (χ2v) is 7.05. The van der Waals surface area contributed by atoms with E-state index in [0.29, 0.717) is 19.5 Å². The Balaban J connectivity index is 1.70. The summed E-state index contributed by atoms with van der Waals surface area (Å²) in [6, 6.07) is 20.4. The highest BCUT2D eigenvalue weighted by atomic mass is 32.2. The van der Waals surface area contributed by atoms with Gasteiger partial charge in [-0.25, -0.2) is 0 Å². The average molecular weight is 326 g/mol. The lowest BCUT2D eigenvalue weighted by Crippen LogP contribution is -2.34. The maximum atomic E-state index is 12.8.